The molecule has 1 fully saturated rings. The van der Waals surface area contributed by atoms with Gasteiger partial charge in [-0.1, -0.05) is 17.7 Å². The van der Waals surface area contributed by atoms with Crippen LogP contribution in [0.3, 0.4) is 0 Å². The van der Waals surface area contributed by atoms with Gasteiger partial charge in [-0.25, -0.2) is 13.2 Å². The number of carbonyl (C=O) groups is 1. The van der Waals surface area contributed by atoms with E-state index in [4.69, 9.17) is 11.6 Å². The van der Waals surface area contributed by atoms with Gasteiger partial charge in [0.05, 0.1) is 0 Å². The van der Waals surface area contributed by atoms with Crippen LogP contribution in [0.4, 0.5) is 13.2 Å². The van der Waals surface area contributed by atoms with Crippen molar-refractivity contribution in [2.24, 2.45) is 5.92 Å². The van der Waals surface area contributed by atoms with E-state index in [0.29, 0.717) is 12.8 Å². The van der Waals surface area contributed by atoms with Crippen molar-refractivity contribution in [3.05, 3.63) is 34.6 Å². The summed E-state index contributed by atoms with van der Waals surface area (Å²) in [6.45, 7) is 0. The highest BCUT2D eigenvalue weighted by Crippen LogP contribution is 2.37. The molecule has 0 radical (unpaired) electrons. The van der Waals surface area contributed by atoms with Gasteiger partial charge in [0.15, 0.2) is 0 Å². The fourth-order valence-electron chi connectivity index (χ4n) is 2.44. The SMILES string of the molecule is O=C(Cc1ccc(Cl)cc1F)C1CCCC(F)(F)C1. The molecule has 104 valence electrons. The van der Waals surface area contributed by atoms with Crippen molar-refractivity contribution in [3.8, 4) is 0 Å². The molecule has 1 atom stereocenters. The molecule has 0 aliphatic heterocycles. The van der Waals surface area contributed by atoms with Crippen LogP contribution in [-0.4, -0.2) is 11.7 Å². The van der Waals surface area contributed by atoms with Gasteiger partial charge < -0.3 is 0 Å². The smallest absolute Gasteiger partial charge is 0.248 e. The Hall–Kier alpha value is -1.03. The van der Waals surface area contributed by atoms with Crippen LogP contribution in [0.15, 0.2) is 18.2 Å². The first kappa shape index (κ1) is 14.4. The number of Topliss-reactive ketones (excluding diaryl/α,β-unsaturated/α-hetero) is 1. The van der Waals surface area contributed by atoms with Crippen LogP contribution in [0.2, 0.25) is 5.02 Å². The van der Waals surface area contributed by atoms with Crippen LogP contribution < -0.4 is 0 Å². The van der Waals surface area contributed by atoms with E-state index in [1.807, 2.05) is 0 Å². The topological polar surface area (TPSA) is 17.1 Å². The highest BCUT2D eigenvalue weighted by Gasteiger charge is 2.38. The molecule has 5 heteroatoms. The fraction of sp³-hybridized carbons (Fsp3) is 0.500. The van der Waals surface area contributed by atoms with E-state index in [0.717, 1.165) is 6.07 Å². The van der Waals surface area contributed by atoms with E-state index in [-0.39, 0.29) is 29.2 Å². The van der Waals surface area contributed by atoms with E-state index in [1.54, 1.807) is 0 Å². The average Bonchev–Trinajstić information content (AvgIpc) is 2.31. The van der Waals surface area contributed by atoms with Gasteiger partial charge in [-0.3, -0.25) is 4.79 Å². The third kappa shape index (κ3) is 3.72. The molecule has 1 aliphatic rings. The first-order valence-corrected chi connectivity index (χ1v) is 6.60. The number of carbonyl (C=O) groups excluding carboxylic acids is 1. The van der Waals surface area contributed by atoms with Gasteiger partial charge in [0.1, 0.15) is 11.6 Å². The van der Waals surface area contributed by atoms with E-state index in [9.17, 15) is 18.0 Å². The molecule has 19 heavy (non-hydrogen) atoms. The molecule has 2 rings (SSSR count). The van der Waals surface area contributed by atoms with Crippen LogP contribution in [0.25, 0.3) is 0 Å². The van der Waals surface area contributed by atoms with E-state index in [1.165, 1.54) is 12.1 Å². The van der Waals surface area contributed by atoms with Gasteiger partial charge in [0.2, 0.25) is 5.92 Å². The van der Waals surface area contributed by atoms with Gasteiger partial charge in [-0.05, 0) is 30.5 Å². The Bertz CT molecular complexity index is 488. The van der Waals surface area contributed by atoms with Crippen molar-refractivity contribution in [3.63, 3.8) is 0 Å². The second-order valence-electron chi connectivity index (χ2n) is 5.03. The minimum Gasteiger partial charge on any atom is -0.299 e. The maximum atomic E-state index is 13.5. The van der Waals surface area contributed by atoms with Crippen molar-refractivity contribution in [2.45, 2.75) is 38.0 Å². The molecule has 0 spiro atoms. The van der Waals surface area contributed by atoms with E-state index >= 15 is 0 Å². The van der Waals surface area contributed by atoms with Gasteiger partial charge in [0, 0.05) is 30.2 Å². The molecular weight excluding hydrogens is 277 g/mol. The number of alkyl halides is 2. The molecule has 1 aliphatic carbocycles. The predicted molar refractivity (Wildman–Crippen MR) is 67.0 cm³/mol. The Morgan fingerprint density at radius 1 is 1.42 bits per heavy atom. The number of halogens is 4. The zero-order chi connectivity index (χ0) is 14.0. The van der Waals surface area contributed by atoms with Crippen LogP contribution in [0.5, 0.6) is 0 Å². The summed E-state index contributed by atoms with van der Waals surface area (Å²) in [7, 11) is 0. The lowest BCUT2D eigenvalue weighted by molar-refractivity contribution is -0.129. The summed E-state index contributed by atoms with van der Waals surface area (Å²) < 4.78 is 40.0. The number of benzene rings is 1. The number of hydrogen-bond donors (Lipinski definition) is 0. The van der Waals surface area contributed by atoms with Crippen LogP contribution in [0.1, 0.15) is 31.2 Å². The lowest BCUT2D eigenvalue weighted by Crippen LogP contribution is -2.31. The predicted octanol–water partition coefficient (Wildman–Crippen LogP) is 4.42. The third-order valence-corrected chi connectivity index (χ3v) is 3.71. The second kappa shape index (κ2) is 5.53. The van der Waals surface area contributed by atoms with Gasteiger partial charge in [-0.15, -0.1) is 0 Å². The van der Waals surface area contributed by atoms with E-state index < -0.39 is 24.1 Å². The normalized spacial score (nSPS) is 22.2. The summed E-state index contributed by atoms with van der Waals surface area (Å²) in [5, 5.41) is 0.248. The lowest BCUT2D eigenvalue weighted by atomic mass is 9.82. The number of ketones is 1. The monoisotopic (exact) mass is 290 g/mol. The zero-order valence-corrected chi connectivity index (χ0v) is 11.0. The van der Waals surface area contributed by atoms with E-state index in [2.05, 4.69) is 0 Å². The van der Waals surface area contributed by atoms with Gasteiger partial charge in [-0.2, -0.15) is 0 Å². The highest BCUT2D eigenvalue weighted by molar-refractivity contribution is 6.30. The first-order valence-electron chi connectivity index (χ1n) is 6.22. The summed E-state index contributed by atoms with van der Waals surface area (Å²) in [5.74, 6) is -4.32. The number of rotatable bonds is 3. The minimum absolute atomic E-state index is 0.149. The van der Waals surface area contributed by atoms with Gasteiger partial charge in [0.25, 0.3) is 0 Å². The van der Waals surface area contributed by atoms with Crippen molar-refractivity contribution < 1.29 is 18.0 Å². The largest absolute Gasteiger partial charge is 0.299 e. The standard InChI is InChI=1S/C14H14ClF3O/c15-11-4-3-9(12(16)7-11)6-13(19)10-2-1-5-14(17,18)8-10/h3-4,7,10H,1-2,5-6,8H2. The molecule has 0 N–H and O–H groups in total. The number of hydrogen-bond acceptors (Lipinski definition) is 1. The van der Waals surface area contributed by atoms with Crippen LogP contribution >= 0.6 is 11.6 Å². The molecule has 0 aromatic heterocycles. The molecule has 1 unspecified atom stereocenters. The van der Waals surface area contributed by atoms with Crippen LogP contribution in [0, 0.1) is 11.7 Å². The Balaban J connectivity index is 2.04. The fourth-order valence-corrected chi connectivity index (χ4v) is 2.60. The molecule has 0 heterocycles. The Labute approximate surface area is 114 Å². The molecular formula is C14H14ClF3O. The summed E-state index contributed by atoms with van der Waals surface area (Å²) in [5.41, 5.74) is 0.211. The maximum absolute atomic E-state index is 13.5. The van der Waals surface area contributed by atoms with Crippen molar-refractivity contribution >= 4 is 17.4 Å². The summed E-state index contributed by atoms with van der Waals surface area (Å²) >= 11 is 5.62. The highest BCUT2D eigenvalue weighted by atomic mass is 35.5. The molecule has 0 saturated heterocycles. The Morgan fingerprint density at radius 3 is 2.79 bits per heavy atom. The molecule has 1 aromatic rings. The molecule has 0 amide bonds. The maximum Gasteiger partial charge on any atom is 0.248 e. The molecule has 1 aromatic carbocycles. The molecule has 0 bridgehead atoms. The van der Waals surface area contributed by atoms with Gasteiger partial charge >= 0.3 is 0 Å². The van der Waals surface area contributed by atoms with Crippen molar-refractivity contribution in [2.75, 3.05) is 0 Å². The Kier molecular flexibility index (Phi) is 4.19. The summed E-state index contributed by atoms with van der Waals surface area (Å²) in [6, 6.07) is 4.04. The van der Waals surface area contributed by atoms with Crippen molar-refractivity contribution in [1.82, 2.24) is 0 Å². The third-order valence-electron chi connectivity index (χ3n) is 3.48. The minimum atomic E-state index is -2.77. The van der Waals surface area contributed by atoms with Crippen molar-refractivity contribution in [1.29, 1.82) is 0 Å². The second-order valence-corrected chi connectivity index (χ2v) is 5.46. The first-order chi connectivity index (χ1) is 8.87. The summed E-state index contributed by atoms with van der Waals surface area (Å²) in [6.07, 6.45) is 0.0764. The molecule has 1 saturated carbocycles. The lowest BCUT2D eigenvalue weighted by Gasteiger charge is -2.27. The molecule has 1 nitrogen and oxygen atoms in total. The summed E-state index contributed by atoms with van der Waals surface area (Å²) in [4.78, 5) is 12.0. The zero-order valence-electron chi connectivity index (χ0n) is 10.3. The Morgan fingerprint density at radius 2 is 2.16 bits per heavy atom. The quantitative estimate of drug-likeness (QED) is 0.805. The average molecular weight is 291 g/mol. The van der Waals surface area contributed by atoms with Crippen LogP contribution in [-0.2, 0) is 11.2 Å².